The van der Waals surface area contributed by atoms with Crippen LogP contribution in [0.5, 0.6) is 0 Å². The lowest BCUT2D eigenvalue weighted by Crippen LogP contribution is -2.28. The number of esters is 1. The minimum Gasteiger partial charge on any atom is -0.458 e. The number of hydrogen-bond donors (Lipinski definition) is 0. The average Bonchev–Trinajstić information content (AvgIpc) is 2.75. The summed E-state index contributed by atoms with van der Waals surface area (Å²) in [7, 11) is 0. The second kappa shape index (κ2) is 3.59. The molecule has 1 saturated heterocycles. The van der Waals surface area contributed by atoms with Gasteiger partial charge in [-0.2, -0.15) is 0 Å². The van der Waals surface area contributed by atoms with Crippen LogP contribution in [0, 0.1) is 17.8 Å². The Balaban J connectivity index is 2.00. The molecule has 0 spiro atoms. The van der Waals surface area contributed by atoms with Gasteiger partial charge in [0, 0.05) is 17.4 Å². The fourth-order valence-corrected chi connectivity index (χ4v) is 3.71. The van der Waals surface area contributed by atoms with Gasteiger partial charge < -0.3 is 4.74 Å². The molecule has 2 saturated carbocycles. The van der Waals surface area contributed by atoms with Crippen LogP contribution in [-0.4, -0.2) is 12.1 Å². The highest BCUT2D eigenvalue weighted by molar-refractivity contribution is 5.91. The van der Waals surface area contributed by atoms with E-state index in [0.717, 1.165) is 25.7 Å². The summed E-state index contributed by atoms with van der Waals surface area (Å²) in [5.41, 5.74) is 3.20. The van der Waals surface area contributed by atoms with Crippen LogP contribution >= 0.6 is 0 Å². The fourth-order valence-electron chi connectivity index (χ4n) is 3.71. The quantitative estimate of drug-likeness (QED) is 0.363. The van der Waals surface area contributed by atoms with Gasteiger partial charge >= 0.3 is 5.97 Å². The lowest BCUT2D eigenvalue weighted by Gasteiger charge is -2.26. The van der Waals surface area contributed by atoms with Gasteiger partial charge in [-0.25, -0.2) is 4.79 Å². The lowest BCUT2D eigenvalue weighted by molar-refractivity contribution is -0.141. The third-order valence-corrected chi connectivity index (χ3v) is 4.69. The molecule has 2 nitrogen and oxygen atoms in total. The molecular formula is C15H18O2. The topological polar surface area (TPSA) is 26.3 Å². The van der Waals surface area contributed by atoms with E-state index in [0.29, 0.717) is 11.5 Å². The van der Waals surface area contributed by atoms with Crippen LogP contribution in [0.3, 0.4) is 0 Å². The molecule has 3 fully saturated rings. The van der Waals surface area contributed by atoms with Gasteiger partial charge in [-0.3, -0.25) is 0 Å². The van der Waals surface area contributed by atoms with Crippen LogP contribution in [0.4, 0.5) is 0 Å². The lowest BCUT2D eigenvalue weighted by atomic mass is 9.82. The van der Waals surface area contributed by atoms with E-state index in [-0.39, 0.29) is 23.9 Å². The molecule has 0 amide bonds. The van der Waals surface area contributed by atoms with Crippen molar-refractivity contribution in [1.82, 2.24) is 0 Å². The Hall–Kier alpha value is -1.31. The van der Waals surface area contributed by atoms with Crippen LogP contribution in [0.15, 0.2) is 36.5 Å². The van der Waals surface area contributed by atoms with Crippen LogP contribution in [0.25, 0.3) is 0 Å². The zero-order chi connectivity index (χ0) is 12.2. The zero-order valence-electron chi connectivity index (χ0n) is 10.1. The highest BCUT2D eigenvalue weighted by Gasteiger charge is 2.50. The Kier molecular flexibility index (Phi) is 2.29. The highest BCUT2D eigenvalue weighted by atomic mass is 16.6. The van der Waals surface area contributed by atoms with Crippen molar-refractivity contribution in [2.75, 3.05) is 0 Å². The van der Waals surface area contributed by atoms with Crippen molar-refractivity contribution in [3.8, 4) is 0 Å². The zero-order valence-corrected chi connectivity index (χ0v) is 10.1. The van der Waals surface area contributed by atoms with Crippen LogP contribution in [-0.2, 0) is 9.53 Å². The first-order chi connectivity index (χ1) is 8.09. The summed E-state index contributed by atoms with van der Waals surface area (Å²) in [6.07, 6.45) is 4.09. The van der Waals surface area contributed by atoms with E-state index >= 15 is 0 Å². The van der Waals surface area contributed by atoms with Crippen molar-refractivity contribution in [3.63, 3.8) is 0 Å². The maximum absolute atomic E-state index is 11.7. The van der Waals surface area contributed by atoms with E-state index < -0.39 is 0 Å². The van der Waals surface area contributed by atoms with Crippen LogP contribution in [0.2, 0.25) is 0 Å². The fraction of sp³-hybridized carbons (Fsp3) is 0.533. The SMILES string of the molecule is C=C1CC[C@H]2C(=C)C(=O)O[C@@H]2C2C(=C)CCC12. The minimum absolute atomic E-state index is 0.0192. The van der Waals surface area contributed by atoms with Gasteiger partial charge in [-0.1, -0.05) is 30.9 Å². The molecule has 17 heavy (non-hydrogen) atoms. The largest absolute Gasteiger partial charge is 0.458 e. The molecule has 1 heterocycles. The normalized spacial score (nSPS) is 40.9. The van der Waals surface area contributed by atoms with Crippen molar-refractivity contribution in [3.05, 3.63) is 36.5 Å². The predicted octanol–water partition coefficient (Wildman–Crippen LogP) is 3.02. The molecule has 4 atom stereocenters. The van der Waals surface area contributed by atoms with E-state index in [1.807, 2.05) is 0 Å². The molecule has 0 aromatic heterocycles. The third-order valence-electron chi connectivity index (χ3n) is 4.69. The summed E-state index contributed by atoms with van der Waals surface area (Å²) in [5.74, 6) is 0.740. The molecule has 0 aromatic carbocycles. The maximum Gasteiger partial charge on any atom is 0.334 e. The van der Waals surface area contributed by atoms with E-state index in [1.165, 1.54) is 11.1 Å². The second-order valence-corrected chi connectivity index (χ2v) is 5.53. The summed E-state index contributed by atoms with van der Waals surface area (Å²) in [4.78, 5) is 11.7. The Bertz CT molecular complexity index is 432. The van der Waals surface area contributed by atoms with Crippen LogP contribution < -0.4 is 0 Å². The van der Waals surface area contributed by atoms with E-state index in [1.54, 1.807) is 0 Å². The standard InChI is InChI=1S/C15H18O2/c1-8-4-7-12-10(3)15(16)17-14(12)13-9(2)5-6-11(8)13/h11-14H,1-7H2/t11?,12-,13?,14-/m0/s1. The number of carbonyl (C=O) groups excluding carboxylic acids is 1. The van der Waals surface area contributed by atoms with Gasteiger partial charge in [0.15, 0.2) is 0 Å². The number of allylic oxidation sites excluding steroid dienone is 1. The molecule has 3 rings (SSSR count). The van der Waals surface area contributed by atoms with Gasteiger partial charge in [0.05, 0.1) is 0 Å². The van der Waals surface area contributed by atoms with Crippen molar-refractivity contribution in [2.45, 2.75) is 31.8 Å². The summed E-state index contributed by atoms with van der Waals surface area (Å²) in [6.45, 7) is 12.3. The maximum atomic E-state index is 11.7. The molecule has 0 bridgehead atoms. The number of fused-ring (bicyclic) bond motifs is 3. The van der Waals surface area contributed by atoms with Gasteiger partial charge in [-0.15, -0.1) is 0 Å². The first kappa shape index (κ1) is 10.8. The molecule has 2 heteroatoms. The van der Waals surface area contributed by atoms with Gasteiger partial charge in [-0.05, 0) is 31.6 Å². The van der Waals surface area contributed by atoms with Crippen molar-refractivity contribution in [2.24, 2.45) is 17.8 Å². The summed E-state index contributed by atoms with van der Waals surface area (Å²) in [6, 6.07) is 0. The van der Waals surface area contributed by atoms with Crippen molar-refractivity contribution in [1.29, 1.82) is 0 Å². The van der Waals surface area contributed by atoms with Crippen molar-refractivity contribution >= 4 is 5.97 Å². The van der Waals surface area contributed by atoms with Crippen LogP contribution in [0.1, 0.15) is 25.7 Å². The number of rotatable bonds is 0. The molecule has 1 aliphatic heterocycles. The van der Waals surface area contributed by atoms with E-state index in [9.17, 15) is 4.79 Å². The monoisotopic (exact) mass is 230 g/mol. The third kappa shape index (κ3) is 1.43. The molecular weight excluding hydrogens is 212 g/mol. The second-order valence-electron chi connectivity index (χ2n) is 5.53. The molecule has 2 aliphatic carbocycles. The molecule has 0 radical (unpaired) electrons. The summed E-state index contributed by atoms with van der Waals surface area (Å²) in [5, 5.41) is 0. The first-order valence-corrected chi connectivity index (χ1v) is 6.34. The molecule has 3 aliphatic rings. The Morgan fingerprint density at radius 2 is 1.65 bits per heavy atom. The molecule has 0 N–H and O–H groups in total. The number of carbonyl (C=O) groups is 1. The Morgan fingerprint density at radius 3 is 2.41 bits per heavy atom. The van der Waals surface area contributed by atoms with E-state index in [4.69, 9.17) is 4.74 Å². The Morgan fingerprint density at radius 1 is 1.00 bits per heavy atom. The van der Waals surface area contributed by atoms with Gasteiger partial charge in [0.2, 0.25) is 0 Å². The number of ether oxygens (including phenoxy) is 1. The molecule has 2 unspecified atom stereocenters. The van der Waals surface area contributed by atoms with Gasteiger partial charge in [0.1, 0.15) is 6.10 Å². The highest BCUT2D eigenvalue weighted by Crippen LogP contribution is 2.51. The van der Waals surface area contributed by atoms with E-state index in [2.05, 4.69) is 19.7 Å². The summed E-state index contributed by atoms with van der Waals surface area (Å²) < 4.78 is 5.55. The first-order valence-electron chi connectivity index (χ1n) is 6.34. The van der Waals surface area contributed by atoms with Gasteiger partial charge in [0.25, 0.3) is 0 Å². The van der Waals surface area contributed by atoms with Crippen molar-refractivity contribution < 1.29 is 9.53 Å². The number of hydrogen-bond acceptors (Lipinski definition) is 2. The predicted molar refractivity (Wildman–Crippen MR) is 66.2 cm³/mol. The molecule has 90 valence electrons. The Labute approximate surface area is 102 Å². The molecule has 0 aromatic rings. The minimum atomic E-state index is -0.203. The smallest absolute Gasteiger partial charge is 0.334 e. The summed E-state index contributed by atoms with van der Waals surface area (Å²) >= 11 is 0. The average molecular weight is 230 g/mol.